The van der Waals surface area contributed by atoms with E-state index < -0.39 is 6.43 Å². The minimum absolute atomic E-state index is 0.120. The van der Waals surface area contributed by atoms with E-state index in [1.165, 1.54) is 0 Å². The Kier molecular flexibility index (Phi) is 4.23. The Balaban J connectivity index is 3.27. The van der Waals surface area contributed by atoms with Crippen LogP contribution in [0.25, 0.3) is 0 Å². The standard InChI is InChI=1S/C7H5F2I2NO/c8-6(9)3-1-12-7(11)4(2-13)5(3)10/h1,6,13H,2H2. The SMILES string of the molecule is OCc1c(I)ncc(C(F)F)c1I. The first-order valence-electron chi connectivity index (χ1n) is 3.29. The molecule has 0 bridgehead atoms. The molecule has 0 spiro atoms. The summed E-state index contributed by atoms with van der Waals surface area (Å²) in [5.41, 5.74) is 0.351. The molecular formula is C7H5F2I2NO. The van der Waals surface area contributed by atoms with Gasteiger partial charge in [0.2, 0.25) is 0 Å². The number of pyridine rings is 1. The Morgan fingerprint density at radius 3 is 2.54 bits per heavy atom. The predicted octanol–water partition coefficient (Wildman–Crippen LogP) is 2.72. The second kappa shape index (κ2) is 4.78. The Morgan fingerprint density at radius 1 is 1.46 bits per heavy atom. The monoisotopic (exact) mass is 411 g/mol. The maximum atomic E-state index is 12.3. The van der Waals surface area contributed by atoms with Crippen LogP contribution < -0.4 is 0 Å². The zero-order valence-corrected chi connectivity index (χ0v) is 10.6. The number of aliphatic hydroxyl groups is 1. The topological polar surface area (TPSA) is 33.1 Å². The van der Waals surface area contributed by atoms with Gasteiger partial charge >= 0.3 is 0 Å². The molecule has 0 fully saturated rings. The molecule has 6 heteroatoms. The lowest BCUT2D eigenvalue weighted by atomic mass is 10.2. The van der Waals surface area contributed by atoms with E-state index in [0.717, 1.165) is 6.20 Å². The average molecular weight is 411 g/mol. The zero-order chi connectivity index (χ0) is 10.0. The number of aliphatic hydroxyl groups excluding tert-OH is 1. The molecule has 0 aliphatic carbocycles. The van der Waals surface area contributed by atoms with Gasteiger partial charge in [-0.1, -0.05) is 0 Å². The van der Waals surface area contributed by atoms with Crippen LogP contribution in [-0.4, -0.2) is 10.1 Å². The van der Waals surface area contributed by atoms with Crippen LogP contribution in [0, 0.1) is 7.27 Å². The fourth-order valence-electron chi connectivity index (χ4n) is 0.812. The van der Waals surface area contributed by atoms with Gasteiger partial charge in [-0.15, -0.1) is 0 Å². The van der Waals surface area contributed by atoms with Crippen molar-refractivity contribution in [3.8, 4) is 0 Å². The Hall–Kier alpha value is 0.430. The average Bonchev–Trinajstić information content (AvgIpc) is 2.04. The molecule has 1 rings (SSSR count). The van der Waals surface area contributed by atoms with E-state index in [1.54, 1.807) is 22.6 Å². The third-order valence-corrected chi connectivity index (χ3v) is 3.68. The number of aromatic nitrogens is 1. The Labute approximate surface area is 101 Å². The molecule has 2 nitrogen and oxygen atoms in total. The molecule has 0 saturated carbocycles. The summed E-state index contributed by atoms with van der Waals surface area (Å²) in [5, 5.41) is 8.91. The van der Waals surface area contributed by atoms with Crippen LogP contribution in [0.1, 0.15) is 17.6 Å². The van der Waals surface area contributed by atoms with Crippen molar-refractivity contribution >= 4 is 45.2 Å². The highest BCUT2D eigenvalue weighted by Crippen LogP contribution is 2.28. The van der Waals surface area contributed by atoms with Crippen LogP contribution in [0.2, 0.25) is 0 Å². The van der Waals surface area contributed by atoms with Crippen molar-refractivity contribution in [2.45, 2.75) is 13.0 Å². The van der Waals surface area contributed by atoms with Gasteiger partial charge in [0.25, 0.3) is 6.43 Å². The molecule has 0 amide bonds. The largest absolute Gasteiger partial charge is 0.392 e. The fourth-order valence-corrected chi connectivity index (χ4v) is 2.71. The second-order valence-electron chi connectivity index (χ2n) is 2.26. The minimum Gasteiger partial charge on any atom is -0.392 e. The second-order valence-corrected chi connectivity index (χ2v) is 4.36. The molecule has 0 aliphatic rings. The van der Waals surface area contributed by atoms with E-state index in [2.05, 4.69) is 4.98 Å². The predicted molar refractivity (Wildman–Crippen MR) is 60.6 cm³/mol. The van der Waals surface area contributed by atoms with Gasteiger partial charge in [-0.3, -0.25) is 0 Å². The minimum atomic E-state index is -2.54. The molecule has 1 heterocycles. The number of hydrogen-bond donors (Lipinski definition) is 1. The quantitative estimate of drug-likeness (QED) is 0.600. The van der Waals surface area contributed by atoms with Crippen LogP contribution >= 0.6 is 45.2 Å². The zero-order valence-electron chi connectivity index (χ0n) is 6.27. The van der Waals surface area contributed by atoms with Crippen LogP contribution in [0.3, 0.4) is 0 Å². The van der Waals surface area contributed by atoms with E-state index in [1.807, 2.05) is 22.6 Å². The molecule has 1 aromatic rings. The molecule has 0 atom stereocenters. The number of alkyl halides is 2. The van der Waals surface area contributed by atoms with Gasteiger partial charge in [-0.25, -0.2) is 13.8 Å². The van der Waals surface area contributed by atoms with Crippen molar-refractivity contribution in [3.05, 3.63) is 24.6 Å². The van der Waals surface area contributed by atoms with Gasteiger partial charge < -0.3 is 5.11 Å². The highest BCUT2D eigenvalue weighted by atomic mass is 127. The first-order valence-corrected chi connectivity index (χ1v) is 5.45. The number of hydrogen-bond acceptors (Lipinski definition) is 2. The lowest BCUT2D eigenvalue weighted by Crippen LogP contribution is -2.01. The summed E-state index contributed by atoms with van der Waals surface area (Å²) in [6, 6.07) is 0. The van der Waals surface area contributed by atoms with Crippen molar-refractivity contribution in [1.29, 1.82) is 0 Å². The maximum absolute atomic E-state index is 12.3. The van der Waals surface area contributed by atoms with E-state index in [0.29, 0.717) is 12.8 Å². The molecular weight excluding hydrogens is 406 g/mol. The summed E-state index contributed by atoms with van der Waals surface area (Å²) in [5.74, 6) is 0. The molecule has 0 saturated heterocycles. The van der Waals surface area contributed by atoms with Gasteiger partial charge in [0.1, 0.15) is 3.70 Å². The first-order chi connectivity index (χ1) is 6.07. The molecule has 0 aromatic carbocycles. The molecule has 0 aliphatic heterocycles. The van der Waals surface area contributed by atoms with Crippen molar-refractivity contribution in [2.24, 2.45) is 0 Å². The van der Waals surface area contributed by atoms with Gasteiger partial charge in [0, 0.05) is 20.9 Å². The van der Waals surface area contributed by atoms with E-state index >= 15 is 0 Å². The molecule has 1 aromatic heterocycles. The molecule has 1 N–H and O–H groups in total. The van der Waals surface area contributed by atoms with Crippen LogP contribution in [-0.2, 0) is 6.61 Å². The summed E-state index contributed by atoms with van der Waals surface area (Å²) < 4.78 is 25.7. The highest BCUT2D eigenvalue weighted by Gasteiger charge is 2.16. The van der Waals surface area contributed by atoms with Crippen molar-refractivity contribution in [2.75, 3.05) is 0 Å². The third-order valence-electron chi connectivity index (χ3n) is 1.48. The van der Waals surface area contributed by atoms with Crippen molar-refractivity contribution < 1.29 is 13.9 Å². The summed E-state index contributed by atoms with van der Waals surface area (Å²) >= 11 is 3.70. The van der Waals surface area contributed by atoms with Crippen LogP contribution in [0.4, 0.5) is 8.78 Å². The summed E-state index contributed by atoms with van der Waals surface area (Å²) in [4.78, 5) is 3.77. The van der Waals surface area contributed by atoms with Gasteiger partial charge in [0.05, 0.1) is 6.61 Å². The molecule has 0 unspecified atom stereocenters. The number of halogens is 4. The normalized spacial score (nSPS) is 10.9. The molecule has 13 heavy (non-hydrogen) atoms. The van der Waals surface area contributed by atoms with E-state index in [4.69, 9.17) is 5.11 Å². The van der Waals surface area contributed by atoms with E-state index in [-0.39, 0.29) is 12.2 Å². The molecule has 72 valence electrons. The first kappa shape index (κ1) is 11.5. The number of rotatable bonds is 2. The highest BCUT2D eigenvalue weighted by molar-refractivity contribution is 14.1. The fraction of sp³-hybridized carbons (Fsp3) is 0.286. The summed E-state index contributed by atoms with van der Waals surface area (Å²) in [6.45, 7) is -0.260. The van der Waals surface area contributed by atoms with Gasteiger partial charge in [-0.2, -0.15) is 0 Å². The van der Waals surface area contributed by atoms with Gasteiger partial charge in [0.15, 0.2) is 0 Å². The summed E-state index contributed by atoms with van der Waals surface area (Å²) in [6.07, 6.45) is -1.39. The lowest BCUT2D eigenvalue weighted by molar-refractivity contribution is 0.149. The van der Waals surface area contributed by atoms with Crippen molar-refractivity contribution in [3.63, 3.8) is 0 Å². The smallest absolute Gasteiger partial charge is 0.266 e. The third kappa shape index (κ3) is 2.46. The Bertz CT molecular complexity index is 320. The molecule has 0 radical (unpaired) electrons. The van der Waals surface area contributed by atoms with E-state index in [9.17, 15) is 8.78 Å². The summed E-state index contributed by atoms with van der Waals surface area (Å²) in [7, 11) is 0. The van der Waals surface area contributed by atoms with Crippen molar-refractivity contribution in [1.82, 2.24) is 4.98 Å². The number of nitrogens with zero attached hydrogens (tertiary/aromatic N) is 1. The van der Waals surface area contributed by atoms with Gasteiger partial charge in [-0.05, 0) is 45.2 Å². The van der Waals surface area contributed by atoms with Crippen LogP contribution in [0.5, 0.6) is 0 Å². The maximum Gasteiger partial charge on any atom is 0.266 e. The van der Waals surface area contributed by atoms with Crippen LogP contribution in [0.15, 0.2) is 6.20 Å². The Morgan fingerprint density at radius 2 is 2.08 bits per heavy atom. The lowest BCUT2D eigenvalue weighted by Gasteiger charge is -2.08.